The van der Waals surface area contributed by atoms with E-state index in [4.69, 9.17) is 11.6 Å². The Bertz CT molecular complexity index is 653. The van der Waals surface area contributed by atoms with Crippen molar-refractivity contribution in [2.75, 3.05) is 0 Å². The first-order valence-corrected chi connectivity index (χ1v) is 5.84. The van der Waals surface area contributed by atoms with Crippen LogP contribution in [0.1, 0.15) is 21.5 Å². The van der Waals surface area contributed by atoms with Gasteiger partial charge in [-0.3, -0.25) is 4.79 Å². The molecular weight excluding hydrogens is 296 g/mol. The van der Waals surface area contributed by atoms with E-state index in [1.807, 2.05) is 0 Å². The number of ketones is 1. The Balaban J connectivity index is 2.57. The van der Waals surface area contributed by atoms with E-state index in [-0.39, 0.29) is 5.56 Å². The third-order valence-corrected chi connectivity index (χ3v) is 3.04. The van der Waals surface area contributed by atoms with Gasteiger partial charge in [-0.2, -0.15) is 0 Å². The highest BCUT2D eigenvalue weighted by molar-refractivity contribution is 6.30. The van der Waals surface area contributed by atoms with Gasteiger partial charge in [0.25, 0.3) is 0 Å². The van der Waals surface area contributed by atoms with Gasteiger partial charge in [-0.15, -0.1) is 0 Å². The van der Waals surface area contributed by atoms with E-state index in [9.17, 15) is 22.4 Å². The van der Waals surface area contributed by atoms with Crippen LogP contribution >= 0.6 is 11.6 Å². The van der Waals surface area contributed by atoms with Crippen molar-refractivity contribution in [1.29, 1.82) is 0 Å². The summed E-state index contributed by atoms with van der Waals surface area (Å²) in [7, 11) is 0. The monoisotopic (exact) mass is 302 g/mol. The van der Waals surface area contributed by atoms with Gasteiger partial charge in [-0.25, -0.2) is 17.6 Å². The third-order valence-electron chi connectivity index (χ3n) is 2.75. The van der Waals surface area contributed by atoms with Crippen molar-refractivity contribution in [3.63, 3.8) is 0 Å². The quantitative estimate of drug-likeness (QED) is 0.455. The third kappa shape index (κ3) is 2.54. The van der Waals surface area contributed by atoms with Gasteiger partial charge in [0.05, 0.1) is 16.1 Å². The molecule has 6 heteroatoms. The molecule has 0 bridgehead atoms. The van der Waals surface area contributed by atoms with E-state index in [0.29, 0.717) is 18.2 Å². The molecule has 0 saturated heterocycles. The number of benzene rings is 2. The summed E-state index contributed by atoms with van der Waals surface area (Å²) in [6, 6.07) is 2.62. The molecule has 20 heavy (non-hydrogen) atoms. The Labute approximate surface area is 116 Å². The van der Waals surface area contributed by atoms with Crippen LogP contribution in [-0.4, -0.2) is 5.78 Å². The van der Waals surface area contributed by atoms with Crippen LogP contribution in [-0.2, 0) is 0 Å². The summed E-state index contributed by atoms with van der Waals surface area (Å²) in [6.07, 6.45) is 0. The molecule has 2 aromatic carbocycles. The Kier molecular flexibility index (Phi) is 3.81. The second-order valence-corrected chi connectivity index (χ2v) is 4.56. The van der Waals surface area contributed by atoms with Crippen molar-refractivity contribution in [1.82, 2.24) is 0 Å². The van der Waals surface area contributed by atoms with Crippen molar-refractivity contribution >= 4 is 17.4 Å². The van der Waals surface area contributed by atoms with E-state index in [0.717, 1.165) is 6.07 Å². The normalized spacial score (nSPS) is 10.7. The first kappa shape index (κ1) is 14.5. The molecule has 104 valence electrons. The molecule has 0 unspecified atom stereocenters. The molecule has 2 rings (SSSR count). The molecule has 0 radical (unpaired) electrons. The molecule has 0 N–H and O–H groups in total. The lowest BCUT2D eigenvalue weighted by atomic mass is 10.0. The molecule has 0 amide bonds. The smallest absolute Gasteiger partial charge is 0.199 e. The number of halogens is 5. The van der Waals surface area contributed by atoms with Crippen LogP contribution in [0.4, 0.5) is 17.6 Å². The zero-order valence-corrected chi connectivity index (χ0v) is 10.9. The second kappa shape index (κ2) is 5.25. The van der Waals surface area contributed by atoms with Gasteiger partial charge < -0.3 is 0 Å². The summed E-state index contributed by atoms with van der Waals surface area (Å²) < 4.78 is 53.9. The van der Waals surface area contributed by atoms with Crippen molar-refractivity contribution in [2.24, 2.45) is 0 Å². The standard InChI is InChI=1S/C14H7ClF4O/c1-6-2-11(17)7(3-10(6)16)14(20)8-4-13(19)9(15)5-12(8)18/h2-5H,1H3. The minimum atomic E-state index is -1.16. The Morgan fingerprint density at radius 1 is 0.850 bits per heavy atom. The van der Waals surface area contributed by atoms with Crippen LogP contribution in [0.15, 0.2) is 24.3 Å². The summed E-state index contributed by atoms with van der Waals surface area (Å²) >= 11 is 5.35. The van der Waals surface area contributed by atoms with Crippen LogP contribution in [0.25, 0.3) is 0 Å². The maximum Gasteiger partial charge on any atom is 0.199 e. The highest BCUT2D eigenvalue weighted by Gasteiger charge is 2.21. The predicted octanol–water partition coefficient (Wildman–Crippen LogP) is 4.44. The second-order valence-electron chi connectivity index (χ2n) is 4.16. The van der Waals surface area contributed by atoms with Gasteiger partial charge in [-0.1, -0.05) is 11.6 Å². The molecule has 0 atom stereocenters. The maximum absolute atomic E-state index is 13.6. The fraction of sp³-hybridized carbons (Fsp3) is 0.0714. The van der Waals surface area contributed by atoms with Crippen LogP contribution in [0, 0.1) is 30.2 Å². The first-order chi connectivity index (χ1) is 9.31. The molecule has 0 aliphatic rings. The summed E-state index contributed by atoms with van der Waals surface area (Å²) in [4.78, 5) is 12.0. The molecule has 0 aliphatic heterocycles. The summed E-state index contributed by atoms with van der Waals surface area (Å²) in [6.45, 7) is 1.31. The van der Waals surface area contributed by atoms with Crippen molar-refractivity contribution in [2.45, 2.75) is 6.92 Å². The number of hydrogen-bond acceptors (Lipinski definition) is 1. The van der Waals surface area contributed by atoms with Crippen molar-refractivity contribution in [3.05, 3.63) is 69.2 Å². The zero-order valence-electron chi connectivity index (χ0n) is 10.1. The van der Waals surface area contributed by atoms with E-state index in [1.165, 1.54) is 6.92 Å². The van der Waals surface area contributed by atoms with E-state index in [1.54, 1.807) is 0 Å². The molecule has 0 saturated carbocycles. The Hall–Kier alpha value is -1.88. The fourth-order valence-corrected chi connectivity index (χ4v) is 1.81. The summed E-state index contributed by atoms with van der Waals surface area (Å²) in [5.41, 5.74) is -1.38. The summed E-state index contributed by atoms with van der Waals surface area (Å²) in [5.74, 6) is -5.12. The van der Waals surface area contributed by atoms with Gasteiger partial charge in [0, 0.05) is 0 Å². The van der Waals surface area contributed by atoms with Crippen LogP contribution in [0.2, 0.25) is 5.02 Å². The van der Waals surface area contributed by atoms with Gasteiger partial charge in [0.2, 0.25) is 0 Å². The lowest BCUT2D eigenvalue weighted by Crippen LogP contribution is -2.09. The molecule has 2 aromatic rings. The molecule has 0 aliphatic carbocycles. The summed E-state index contributed by atoms with van der Waals surface area (Å²) in [5, 5.41) is -0.505. The Morgan fingerprint density at radius 2 is 1.35 bits per heavy atom. The van der Waals surface area contributed by atoms with E-state index < -0.39 is 45.2 Å². The van der Waals surface area contributed by atoms with Crippen LogP contribution < -0.4 is 0 Å². The predicted molar refractivity (Wildman–Crippen MR) is 65.9 cm³/mol. The molecule has 1 nitrogen and oxygen atoms in total. The van der Waals surface area contributed by atoms with Gasteiger partial charge in [0.15, 0.2) is 5.78 Å². The fourth-order valence-electron chi connectivity index (χ4n) is 1.66. The molecule has 0 spiro atoms. The lowest BCUT2D eigenvalue weighted by molar-refractivity contribution is 0.103. The lowest BCUT2D eigenvalue weighted by Gasteiger charge is -2.07. The number of carbonyl (C=O) groups is 1. The van der Waals surface area contributed by atoms with Crippen LogP contribution in [0.3, 0.4) is 0 Å². The average Bonchev–Trinajstić information content (AvgIpc) is 2.37. The van der Waals surface area contributed by atoms with Gasteiger partial charge >= 0.3 is 0 Å². The van der Waals surface area contributed by atoms with E-state index in [2.05, 4.69) is 0 Å². The van der Waals surface area contributed by atoms with E-state index >= 15 is 0 Å². The number of aryl methyl sites for hydroxylation is 1. The number of hydrogen-bond donors (Lipinski definition) is 0. The zero-order chi connectivity index (χ0) is 15.0. The Morgan fingerprint density at radius 3 is 1.95 bits per heavy atom. The number of carbonyl (C=O) groups excluding carboxylic acids is 1. The molecule has 0 heterocycles. The average molecular weight is 303 g/mol. The van der Waals surface area contributed by atoms with Crippen molar-refractivity contribution in [3.8, 4) is 0 Å². The van der Waals surface area contributed by atoms with Crippen molar-refractivity contribution < 1.29 is 22.4 Å². The molecule has 0 aromatic heterocycles. The SMILES string of the molecule is Cc1cc(F)c(C(=O)c2cc(F)c(Cl)cc2F)cc1F. The minimum absolute atomic E-state index is 0.00167. The maximum atomic E-state index is 13.6. The van der Waals surface area contributed by atoms with Gasteiger partial charge in [0.1, 0.15) is 23.3 Å². The minimum Gasteiger partial charge on any atom is -0.288 e. The van der Waals surface area contributed by atoms with Crippen LogP contribution in [0.5, 0.6) is 0 Å². The van der Waals surface area contributed by atoms with Gasteiger partial charge in [-0.05, 0) is 36.8 Å². The number of rotatable bonds is 2. The topological polar surface area (TPSA) is 17.1 Å². The highest BCUT2D eigenvalue weighted by atomic mass is 35.5. The molecule has 0 fully saturated rings. The largest absolute Gasteiger partial charge is 0.288 e. The first-order valence-electron chi connectivity index (χ1n) is 5.46. The molecular formula is C14H7ClF4O. The highest BCUT2D eigenvalue weighted by Crippen LogP contribution is 2.23.